The van der Waals surface area contributed by atoms with Crippen LogP contribution in [0.4, 0.5) is 5.82 Å². The summed E-state index contributed by atoms with van der Waals surface area (Å²) in [5.74, 6) is 0.802. The lowest BCUT2D eigenvalue weighted by Crippen LogP contribution is -2.29. The molecule has 1 unspecified atom stereocenters. The molecule has 1 fully saturated rings. The van der Waals surface area contributed by atoms with Crippen molar-refractivity contribution in [3.8, 4) is 0 Å². The second-order valence-corrected chi connectivity index (χ2v) is 4.84. The summed E-state index contributed by atoms with van der Waals surface area (Å²) in [5, 5.41) is 8.91. The highest BCUT2D eigenvalue weighted by molar-refractivity contribution is 5.95. The van der Waals surface area contributed by atoms with Gasteiger partial charge in [0.1, 0.15) is 5.82 Å². The third-order valence-electron chi connectivity index (χ3n) is 3.33. The molecule has 1 aromatic rings. The summed E-state index contributed by atoms with van der Waals surface area (Å²) in [5.41, 5.74) is 7.01. The lowest BCUT2D eigenvalue weighted by atomic mass is 10.1. The van der Waals surface area contributed by atoms with Crippen LogP contribution in [0.5, 0.6) is 0 Å². The molecule has 0 aliphatic carbocycles. The van der Waals surface area contributed by atoms with Crippen LogP contribution in [0.1, 0.15) is 28.9 Å². The molecule has 0 spiro atoms. The van der Waals surface area contributed by atoms with Gasteiger partial charge < -0.3 is 15.7 Å². The fourth-order valence-electron chi connectivity index (χ4n) is 2.44. The Morgan fingerprint density at radius 3 is 3.06 bits per heavy atom. The highest BCUT2D eigenvalue weighted by Gasteiger charge is 2.26. The number of hydrogen-bond donors (Lipinski definition) is 2. The lowest BCUT2D eigenvalue weighted by Gasteiger charge is -2.16. The summed E-state index contributed by atoms with van der Waals surface area (Å²) < 4.78 is 0. The van der Waals surface area contributed by atoms with Gasteiger partial charge in [0.25, 0.3) is 5.91 Å². The molecule has 1 atom stereocenters. The normalized spacial score (nSPS) is 19.2. The number of nitrogens with zero attached hydrogens (tertiary/aromatic N) is 2. The van der Waals surface area contributed by atoms with Crippen molar-refractivity contribution in [2.45, 2.75) is 19.8 Å². The molecule has 1 aromatic heterocycles. The molecule has 0 aromatic carbocycles. The quantitative estimate of drug-likeness (QED) is 0.831. The smallest absolute Gasteiger partial charge is 0.254 e. The Morgan fingerprint density at radius 2 is 2.39 bits per heavy atom. The first-order valence-electron chi connectivity index (χ1n) is 6.24. The number of aliphatic hydroxyl groups is 1. The zero-order chi connectivity index (χ0) is 13.1. The molecule has 1 saturated heterocycles. The third-order valence-corrected chi connectivity index (χ3v) is 3.33. The Hall–Kier alpha value is -1.62. The largest absolute Gasteiger partial charge is 0.396 e. The van der Waals surface area contributed by atoms with Gasteiger partial charge in [0, 0.05) is 31.0 Å². The number of nitrogen functional groups attached to an aromatic ring is 1. The Bertz CT molecular complexity index is 428. The number of aryl methyl sites for hydroxylation is 1. The second kappa shape index (κ2) is 5.35. The summed E-state index contributed by atoms with van der Waals surface area (Å²) in [4.78, 5) is 18.2. The Labute approximate surface area is 107 Å². The molecule has 2 rings (SSSR count). The third kappa shape index (κ3) is 2.79. The van der Waals surface area contributed by atoms with Crippen LogP contribution in [0.15, 0.2) is 12.1 Å². The van der Waals surface area contributed by atoms with Gasteiger partial charge in [-0.1, -0.05) is 0 Å². The maximum Gasteiger partial charge on any atom is 0.254 e. The van der Waals surface area contributed by atoms with Gasteiger partial charge in [-0.3, -0.25) is 4.79 Å². The van der Waals surface area contributed by atoms with Crippen LogP contribution in [0.25, 0.3) is 0 Å². The van der Waals surface area contributed by atoms with Crippen LogP contribution in [0.3, 0.4) is 0 Å². The van der Waals surface area contributed by atoms with Crippen LogP contribution < -0.4 is 5.73 Å². The molecule has 18 heavy (non-hydrogen) atoms. The van der Waals surface area contributed by atoms with Crippen LogP contribution >= 0.6 is 0 Å². The van der Waals surface area contributed by atoms with E-state index < -0.39 is 0 Å². The van der Waals surface area contributed by atoms with E-state index in [1.54, 1.807) is 12.1 Å². The average molecular weight is 249 g/mol. The molecular formula is C13H19N3O2. The van der Waals surface area contributed by atoms with Gasteiger partial charge in [-0.25, -0.2) is 4.98 Å². The molecular weight excluding hydrogens is 230 g/mol. The molecule has 1 amide bonds. The highest BCUT2D eigenvalue weighted by atomic mass is 16.3. The number of aliphatic hydroxyl groups excluding tert-OH is 1. The van der Waals surface area contributed by atoms with Crippen molar-refractivity contribution < 1.29 is 9.90 Å². The zero-order valence-corrected chi connectivity index (χ0v) is 10.6. The minimum Gasteiger partial charge on any atom is -0.396 e. The number of likely N-dealkylation sites (tertiary alicyclic amines) is 1. The number of carbonyl (C=O) groups excluding carboxylic acids is 1. The van der Waals surface area contributed by atoms with E-state index in [4.69, 9.17) is 10.8 Å². The molecule has 1 aliphatic rings. The first-order chi connectivity index (χ1) is 8.60. The van der Waals surface area contributed by atoms with Crippen molar-refractivity contribution in [1.82, 2.24) is 9.88 Å². The Kier molecular flexibility index (Phi) is 3.81. The van der Waals surface area contributed by atoms with Crippen molar-refractivity contribution in [3.05, 3.63) is 23.4 Å². The number of hydrogen-bond acceptors (Lipinski definition) is 4. The van der Waals surface area contributed by atoms with E-state index in [2.05, 4.69) is 4.98 Å². The van der Waals surface area contributed by atoms with E-state index in [1.807, 2.05) is 11.8 Å². The summed E-state index contributed by atoms with van der Waals surface area (Å²) in [6.45, 7) is 3.49. The highest BCUT2D eigenvalue weighted by Crippen LogP contribution is 2.21. The Morgan fingerprint density at radius 1 is 1.61 bits per heavy atom. The molecule has 98 valence electrons. The van der Waals surface area contributed by atoms with Crippen LogP contribution in [-0.4, -0.2) is 40.6 Å². The summed E-state index contributed by atoms with van der Waals surface area (Å²) in [6.07, 6.45) is 1.73. The topological polar surface area (TPSA) is 79.5 Å². The van der Waals surface area contributed by atoms with Gasteiger partial charge in [-0.2, -0.15) is 0 Å². The Balaban J connectivity index is 2.08. The minimum absolute atomic E-state index is 0.00707. The molecule has 5 nitrogen and oxygen atoms in total. The van der Waals surface area contributed by atoms with Crippen molar-refractivity contribution >= 4 is 11.7 Å². The fourth-order valence-corrected chi connectivity index (χ4v) is 2.44. The van der Waals surface area contributed by atoms with Crippen LogP contribution in [0.2, 0.25) is 0 Å². The van der Waals surface area contributed by atoms with Crippen molar-refractivity contribution in [2.75, 3.05) is 25.4 Å². The van der Waals surface area contributed by atoms with Gasteiger partial charge in [0.15, 0.2) is 0 Å². The van der Waals surface area contributed by atoms with Gasteiger partial charge in [0.05, 0.1) is 0 Å². The molecule has 0 saturated carbocycles. The fraction of sp³-hybridized carbons (Fsp3) is 0.538. The maximum atomic E-state index is 12.3. The number of rotatable bonds is 3. The van der Waals surface area contributed by atoms with Gasteiger partial charge >= 0.3 is 0 Å². The molecule has 0 radical (unpaired) electrons. The number of pyridine rings is 1. The van der Waals surface area contributed by atoms with Crippen molar-refractivity contribution in [2.24, 2.45) is 5.92 Å². The summed E-state index contributed by atoms with van der Waals surface area (Å²) in [6, 6.07) is 3.38. The van der Waals surface area contributed by atoms with Gasteiger partial charge in [-0.15, -0.1) is 0 Å². The summed E-state index contributed by atoms with van der Waals surface area (Å²) >= 11 is 0. The van der Waals surface area contributed by atoms with E-state index in [9.17, 15) is 4.79 Å². The average Bonchev–Trinajstić information content (AvgIpc) is 2.76. The molecule has 0 bridgehead atoms. The molecule has 5 heteroatoms. The first-order valence-corrected chi connectivity index (χ1v) is 6.24. The molecule has 1 aliphatic heterocycles. The van der Waals surface area contributed by atoms with Crippen LogP contribution in [0, 0.1) is 12.8 Å². The minimum atomic E-state index is 0.00707. The number of aromatic nitrogens is 1. The van der Waals surface area contributed by atoms with Crippen LogP contribution in [-0.2, 0) is 0 Å². The number of carbonyl (C=O) groups is 1. The van der Waals surface area contributed by atoms with E-state index in [1.165, 1.54) is 0 Å². The summed E-state index contributed by atoms with van der Waals surface area (Å²) in [7, 11) is 0. The SMILES string of the molecule is Cc1cc(C(=O)N2CCC(CCO)C2)cc(N)n1. The number of nitrogens with two attached hydrogens (primary N) is 1. The number of anilines is 1. The van der Waals surface area contributed by atoms with Crippen molar-refractivity contribution in [1.29, 1.82) is 0 Å². The molecule has 2 heterocycles. The van der Waals surface area contributed by atoms with E-state index in [0.717, 1.165) is 31.6 Å². The van der Waals surface area contributed by atoms with E-state index in [0.29, 0.717) is 17.3 Å². The van der Waals surface area contributed by atoms with E-state index in [-0.39, 0.29) is 12.5 Å². The monoisotopic (exact) mass is 249 g/mol. The standard InChI is InChI=1S/C13H19N3O2/c1-9-6-11(7-12(14)15-9)13(18)16-4-2-10(8-16)3-5-17/h6-7,10,17H,2-5,8H2,1H3,(H2,14,15). The predicted octanol–water partition coefficient (Wildman–Crippen LogP) is 0.817. The predicted molar refractivity (Wildman–Crippen MR) is 69.1 cm³/mol. The zero-order valence-electron chi connectivity index (χ0n) is 10.6. The number of amides is 1. The van der Waals surface area contributed by atoms with Gasteiger partial charge in [0.2, 0.25) is 0 Å². The van der Waals surface area contributed by atoms with Crippen molar-refractivity contribution in [3.63, 3.8) is 0 Å². The lowest BCUT2D eigenvalue weighted by molar-refractivity contribution is 0.0784. The van der Waals surface area contributed by atoms with Gasteiger partial charge in [-0.05, 0) is 37.8 Å². The molecule has 3 N–H and O–H groups in total. The van der Waals surface area contributed by atoms with E-state index >= 15 is 0 Å². The second-order valence-electron chi connectivity index (χ2n) is 4.84. The maximum absolute atomic E-state index is 12.3. The first kappa shape index (κ1) is 12.8.